The minimum atomic E-state index is -0.590. The third-order valence-electron chi connectivity index (χ3n) is 4.51. The molecular formula is C17H27NO3. The molecule has 3 N–H and O–H groups in total. The molecule has 0 aliphatic heterocycles. The number of rotatable bonds is 5. The number of hydrogen-bond acceptors (Lipinski definition) is 4. The minimum Gasteiger partial charge on any atom is -0.504 e. The summed E-state index contributed by atoms with van der Waals surface area (Å²) in [6, 6.07) is 5.45. The fraction of sp³-hybridized carbons (Fsp3) is 0.647. The first-order chi connectivity index (χ1) is 9.93. The zero-order valence-corrected chi connectivity index (χ0v) is 13.2. The van der Waals surface area contributed by atoms with Gasteiger partial charge in [-0.15, -0.1) is 0 Å². The topological polar surface area (TPSA) is 61.7 Å². The van der Waals surface area contributed by atoms with Crippen molar-refractivity contribution in [3.05, 3.63) is 23.8 Å². The second-order valence-electron chi connectivity index (χ2n) is 6.46. The molecule has 0 bridgehead atoms. The third-order valence-corrected chi connectivity index (χ3v) is 4.51. The largest absolute Gasteiger partial charge is 0.504 e. The van der Waals surface area contributed by atoms with Crippen molar-refractivity contribution in [2.45, 2.75) is 51.2 Å². The minimum absolute atomic E-state index is 0.0979. The smallest absolute Gasteiger partial charge is 0.160 e. The maximum atomic E-state index is 10.7. The first kappa shape index (κ1) is 16.1. The predicted octanol–water partition coefficient (Wildman–Crippen LogP) is 2.99. The molecule has 1 aliphatic carbocycles. The molecular weight excluding hydrogens is 266 g/mol. The van der Waals surface area contributed by atoms with Crippen LogP contribution in [0.5, 0.6) is 11.5 Å². The summed E-state index contributed by atoms with van der Waals surface area (Å²) >= 11 is 0. The van der Waals surface area contributed by atoms with Crippen LogP contribution in [-0.2, 0) is 0 Å². The maximum absolute atomic E-state index is 10.7. The lowest BCUT2D eigenvalue weighted by molar-refractivity contribution is -0.0134. The van der Waals surface area contributed by atoms with E-state index in [1.165, 1.54) is 6.42 Å². The van der Waals surface area contributed by atoms with Gasteiger partial charge >= 0.3 is 0 Å². The zero-order valence-electron chi connectivity index (χ0n) is 13.2. The monoisotopic (exact) mass is 293 g/mol. The van der Waals surface area contributed by atoms with Gasteiger partial charge in [0, 0.05) is 12.6 Å². The van der Waals surface area contributed by atoms with E-state index in [1.54, 1.807) is 13.2 Å². The van der Waals surface area contributed by atoms with E-state index in [-0.39, 0.29) is 11.8 Å². The molecule has 1 aromatic rings. The first-order valence-electron chi connectivity index (χ1n) is 7.76. The quantitative estimate of drug-likeness (QED) is 0.781. The van der Waals surface area contributed by atoms with Crippen LogP contribution in [0.1, 0.15) is 51.1 Å². The van der Waals surface area contributed by atoms with Gasteiger partial charge in [0.2, 0.25) is 0 Å². The van der Waals surface area contributed by atoms with Crippen LogP contribution in [0.4, 0.5) is 0 Å². The van der Waals surface area contributed by atoms with Crippen molar-refractivity contribution >= 4 is 0 Å². The molecule has 0 spiro atoms. The Bertz CT molecular complexity index is 477. The lowest BCUT2D eigenvalue weighted by Crippen LogP contribution is -2.44. The van der Waals surface area contributed by atoms with Crippen molar-refractivity contribution in [3.63, 3.8) is 0 Å². The summed E-state index contributed by atoms with van der Waals surface area (Å²) in [5.41, 5.74) is 0.449. The van der Waals surface area contributed by atoms with Gasteiger partial charge in [-0.25, -0.2) is 0 Å². The number of aliphatic hydroxyl groups is 1. The van der Waals surface area contributed by atoms with E-state index in [0.717, 1.165) is 24.8 Å². The molecule has 1 aliphatic rings. The SMILES string of the molecule is COc1cc(C(C)NCC2(O)CCCC(C)C2)ccc1O. The van der Waals surface area contributed by atoms with Gasteiger partial charge in [0.1, 0.15) is 0 Å². The van der Waals surface area contributed by atoms with Crippen molar-refractivity contribution in [3.8, 4) is 11.5 Å². The summed E-state index contributed by atoms with van der Waals surface area (Å²) in [7, 11) is 1.54. The van der Waals surface area contributed by atoms with Crippen LogP contribution in [0.2, 0.25) is 0 Å². The molecule has 0 amide bonds. The number of ether oxygens (including phenoxy) is 1. The highest BCUT2D eigenvalue weighted by atomic mass is 16.5. The van der Waals surface area contributed by atoms with Crippen molar-refractivity contribution in [1.82, 2.24) is 5.32 Å². The Labute approximate surface area is 127 Å². The van der Waals surface area contributed by atoms with E-state index in [0.29, 0.717) is 18.2 Å². The van der Waals surface area contributed by atoms with Gasteiger partial charge in [-0.3, -0.25) is 0 Å². The van der Waals surface area contributed by atoms with Crippen LogP contribution in [-0.4, -0.2) is 29.5 Å². The maximum Gasteiger partial charge on any atom is 0.160 e. The molecule has 4 nitrogen and oxygen atoms in total. The summed E-state index contributed by atoms with van der Waals surface area (Å²) < 4.78 is 5.14. The van der Waals surface area contributed by atoms with Crippen LogP contribution in [0.3, 0.4) is 0 Å². The van der Waals surface area contributed by atoms with Gasteiger partial charge in [-0.1, -0.05) is 25.8 Å². The zero-order chi connectivity index (χ0) is 15.5. The van der Waals surface area contributed by atoms with Gasteiger partial charge in [-0.05, 0) is 43.4 Å². The third kappa shape index (κ3) is 4.11. The number of phenolic OH excluding ortho intramolecular Hbond substituents is 1. The van der Waals surface area contributed by atoms with Gasteiger partial charge in [0.05, 0.1) is 12.7 Å². The Morgan fingerprint density at radius 1 is 1.48 bits per heavy atom. The van der Waals surface area contributed by atoms with Gasteiger partial charge in [-0.2, -0.15) is 0 Å². The molecule has 0 saturated heterocycles. The Hall–Kier alpha value is -1.26. The standard InChI is InChI=1S/C17H27NO3/c1-12-5-4-8-17(20,10-12)11-18-13(2)14-6-7-15(19)16(9-14)21-3/h6-7,9,12-13,18-20H,4-5,8,10-11H2,1-3H3. The van der Waals surface area contributed by atoms with Gasteiger partial charge in [0.25, 0.3) is 0 Å². The summed E-state index contributed by atoms with van der Waals surface area (Å²) in [5, 5.41) is 23.7. The summed E-state index contributed by atoms with van der Waals surface area (Å²) in [6.45, 7) is 4.86. The van der Waals surface area contributed by atoms with Crippen LogP contribution < -0.4 is 10.1 Å². The van der Waals surface area contributed by atoms with Crippen LogP contribution in [0.15, 0.2) is 18.2 Å². The van der Waals surface area contributed by atoms with E-state index in [2.05, 4.69) is 19.2 Å². The molecule has 3 atom stereocenters. The van der Waals surface area contributed by atoms with E-state index >= 15 is 0 Å². The van der Waals surface area contributed by atoms with E-state index in [1.807, 2.05) is 12.1 Å². The van der Waals surface area contributed by atoms with E-state index in [4.69, 9.17) is 4.74 Å². The Balaban J connectivity index is 1.96. The Kier molecular flexibility index (Phi) is 5.12. The van der Waals surface area contributed by atoms with Crippen LogP contribution >= 0.6 is 0 Å². The Morgan fingerprint density at radius 2 is 2.24 bits per heavy atom. The molecule has 0 radical (unpaired) electrons. The molecule has 1 saturated carbocycles. The van der Waals surface area contributed by atoms with Crippen molar-refractivity contribution < 1.29 is 14.9 Å². The highest BCUT2D eigenvalue weighted by Gasteiger charge is 2.32. The van der Waals surface area contributed by atoms with E-state index in [9.17, 15) is 10.2 Å². The normalized spacial score (nSPS) is 27.3. The molecule has 3 unspecified atom stereocenters. The highest BCUT2D eigenvalue weighted by molar-refractivity contribution is 5.42. The van der Waals surface area contributed by atoms with Gasteiger partial charge < -0.3 is 20.3 Å². The molecule has 118 valence electrons. The number of methoxy groups -OCH3 is 1. The number of phenols is 1. The van der Waals surface area contributed by atoms with Crippen LogP contribution in [0.25, 0.3) is 0 Å². The number of aromatic hydroxyl groups is 1. The molecule has 2 rings (SSSR count). The van der Waals surface area contributed by atoms with Crippen molar-refractivity contribution in [2.24, 2.45) is 5.92 Å². The molecule has 1 aromatic carbocycles. The fourth-order valence-electron chi connectivity index (χ4n) is 3.22. The van der Waals surface area contributed by atoms with Gasteiger partial charge in [0.15, 0.2) is 11.5 Å². The van der Waals surface area contributed by atoms with Crippen molar-refractivity contribution in [2.75, 3.05) is 13.7 Å². The fourth-order valence-corrected chi connectivity index (χ4v) is 3.22. The second-order valence-corrected chi connectivity index (χ2v) is 6.46. The average Bonchev–Trinajstić information content (AvgIpc) is 2.45. The number of benzene rings is 1. The number of hydrogen-bond donors (Lipinski definition) is 3. The predicted molar refractivity (Wildman–Crippen MR) is 83.7 cm³/mol. The Morgan fingerprint density at radius 3 is 2.90 bits per heavy atom. The second kappa shape index (κ2) is 6.67. The van der Waals surface area contributed by atoms with Crippen molar-refractivity contribution in [1.29, 1.82) is 0 Å². The summed E-state index contributed by atoms with van der Waals surface area (Å²) in [5.74, 6) is 1.22. The summed E-state index contributed by atoms with van der Waals surface area (Å²) in [4.78, 5) is 0. The number of nitrogens with one attached hydrogen (secondary N) is 1. The molecule has 4 heteroatoms. The summed E-state index contributed by atoms with van der Waals surface area (Å²) in [6.07, 6.45) is 4.05. The molecule has 21 heavy (non-hydrogen) atoms. The highest BCUT2D eigenvalue weighted by Crippen LogP contribution is 2.33. The first-order valence-corrected chi connectivity index (χ1v) is 7.76. The average molecular weight is 293 g/mol. The molecule has 0 aromatic heterocycles. The lowest BCUT2D eigenvalue weighted by atomic mass is 9.79. The van der Waals surface area contributed by atoms with E-state index < -0.39 is 5.60 Å². The lowest BCUT2D eigenvalue weighted by Gasteiger charge is -2.36. The van der Waals surface area contributed by atoms with Crippen LogP contribution in [0, 0.1) is 5.92 Å². The molecule has 1 fully saturated rings. The molecule has 0 heterocycles.